The average molecular weight is 600 g/mol. The van der Waals surface area contributed by atoms with E-state index in [4.69, 9.17) is 20.9 Å². The summed E-state index contributed by atoms with van der Waals surface area (Å²) in [5, 5.41) is 0. The van der Waals surface area contributed by atoms with Crippen LogP contribution in [0.4, 0.5) is 0 Å². The van der Waals surface area contributed by atoms with Crippen LogP contribution in [-0.4, -0.2) is 23.8 Å². The molecule has 0 unspecified atom stereocenters. The Morgan fingerprint density at radius 3 is 2.54 bits per heavy atom. The molecule has 0 saturated carbocycles. The minimum atomic E-state index is -0.724. The molecule has 0 bridgehead atoms. The molecule has 8 heteroatoms. The van der Waals surface area contributed by atoms with Crippen LogP contribution in [0.1, 0.15) is 29.7 Å². The first-order chi connectivity index (χ1) is 19.0. The summed E-state index contributed by atoms with van der Waals surface area (Å²) in [6.45, 7) is 2.05. The zero-order valence-electron chi connectivity index (χ0n) is 21.0. The first-order valence-electron chi connectivity index (χ1n) is 12.2. The largest absolute Gasteiger partial charge is 0.480 e. The van der Waals surface area contributed by atoms with Gasteiger partial charge in [-0.1, -0.05) is 93.9 Å². The molecule has 0 aliphatic carbocycles. The van der Waals surface area contributed by atoms with Gasteiger partial charge in [-0.25, -0.2) is 9.79 Å². The Kier molecular flexibility index (Phi) is 7.92. The first-order valence-corrected chi connectivity index (χ1v) is 13.8. The van der Waals surface area contributed by atoms with Crippen LogP contribution in [0.15, 0.2) is 98.7 Å². The van der Waals surface area contributed by atoms with Gasteiger partial charge in [0.05, 0.1) is 28.5 Å². The number of carbonyl (C=O) groups excluding carboxylic acids is 1. The van der Waals surface area contributed by atoms with Gasteiger partial charge < -0.3 is 9.47 Å². The predicted octanol–water partition coefficient (Wildman–Crippen LogP) is 4.71. The van der Waals surface area contributed by atoms with Gasteiger partial charge in [-0.15, -0.1) is 6.42 Å². The van der Waals surface area contributed by atoms with Gasteiger partial charge in [0.2, 0.25) is 0 Å². The fourth-order valence-corrected chi connectivity index (χ4v) is 5.79. The number of aromatic nitrogens is 1. The zero-order chi connectivity index (χ0) is 27.4. The Morgan fingerprint density at radius 1 is 1.13 bits per heavy atom. The summed E-state index contributed by atoms with van der Waals surface area (Å²) in [4.78, 5) is 32.8. The Hall–Kier alpha value is -4.19. The maximum atomic E-state index is 14.0. The smallest absolute Gasteiger partial charge is 0.338 e. The standard InChI is InChI=1S/C31H23BrN2O4S/c1-3-17-38-24-16-15-23(32)18-22(24)19-25-29(35)34-28(21-13-9-6-10-14-21)26(30(36)37-4-2)27(33-31(34)39-25)20-11-7-5-8-12-20/h1,5-16,18-19,28H,4,17H2,2H3/b25-19-/t28-/m1/s1. The summed E-state index contributed by atoms with van der Waals surface area (Å²) in [7, 11) is 0. The van der Waals surface area contributed by atoms with E-state index in [-0.39, 0.29) is 18.8 Å². The van der Waals surface area contributed by atoms with Crippen molar-refractivity contribution in [2.75, 3.05) is 13.2 Å². The molecule has 1 aliphatic rings. The molecule has 2 heterocycles. The van der Waals surface area contributed by atoms with Crippen molar-refractivity contribution in [2.45, 2.75) is 13.0 Å². The van der Waals surface area contributed by atoms with E-state index in [1.54, 1.807) is 23.6 Å². The normalized spacial score (nSPS) is 14.8. The summed E-state index contributed by atoms with van der Waals surface area (Å²) in [5.41, 5.74) is 2.75. The fraction of sp³-hybridized carbons (Fsp3) is 0.129. The van der Waals surface area contributed by atoms with Crippen LogP contribution in [0.25, 0.3) is 11.8 Å². The van der Waals surface area contributed by atoms with Crippen molar-refractivity contribution in [3.8, 4) is 18.1 Å². The van der Waals surface area contributed by atoms with Crippen molar-refractivity contribution in [2.24, 2.45) is 4.99 Å². The summed E-state index contributed by atoms with van der Waals surface area (Å²) in [6, 6.07) is 23.7. The monoisotopic (exact) mass is 598 g/mol. The van der Waals surface area contributed by atoms with Crippen molar-refractivity contribution in [3.05, 3.63) is 125 Å². The molecule has 6 nitrogen and oxygen atoms in total. The number of carbonyl (C=O) groups is 1. The highest BCUT2D eigenvalue weighted by Crippen LogP contribution is 2.35. The number of nitrogens with zero attached hydrogens (tertiary/aromatic N) is 2. The number of ether oxygens (including phenoxy) is 2. The van der Waals surface area contributed by atoms with Gasteiger partial charge in [-0.05, 0) is 36.8 Å². The van der Waals surface area contributed by atoms with Crippen LogP contribution in [0.5, 0.6) is 5.75 Å². The molecule has 0 radical (unpaired) electrons. The van der Waals surface area contributed by atoms with E-state index in [1.807, 2.05) is 72.8 Å². The van der Waals surface area contributed by atoms with Crippen molar-refractivity contribution in [1.82, 2.24) is 4.57 Å². The van der Waals surface area contributed by atoms with Crippen LogP contribution in [-0.2, 0) is 9.53 Å². The number of esters is 1. The van der Waals surface area contributed by atoms with E-state index < -0.39 is 12.0 Å². The minimum Gasteiger partial charge on any atom is -0.480 e. The van der Waals surface area contributed by atoms with Gasteiger partial charge in [-0.3, -0.25) is 9.36 Å². The maximum absolute atomic E-state index is 14.0. The topological polar surface area (TPSA) is 69.9 Å². The second-order valence-electron chi connectivity index (χ2n) is 8.52. The maximum Gasteiger partial charge on any atom is 0.338 e. The molecule has 0 N–H and O–H groups in total. The van der Waals surface area contributed by atoms with E-state index in [2.05, 4.69) is 21.9 Å². The number of terminal acetylenes is 1. The van der Waals surface area contributed by atoms with Crippen LogP contribution >= 0.6 is 27.3 Å². The molecule has 194 valence electrons. The lowest BCUT2D eigenvalue weighted by Crippen LogP contribution is -2.40. The lowest BCUT2D eigenvalue weighted by molar-refractivity contribution is -0.138. The third-order valence-corrected chi connectivity index (χ3v) is 7.53. The summed E-state index contributed by atoms with van der Waals surface area (Å²) >= 11 is 4.74. The molecule has 0 amide bonds. The number of thiazole rings is 1. The Bertz CT molecular complexity index is 1780. The molecule has 39 heavy (non-hydrogen) atoms. The Morgan fingerprint density at radius 2 is 1.85 bits per heavy atom. The van der Waals surface area contributed by atoms with Crippen LogP contribution in [0.3, 0.4) is 0 Å². The Balaban J connectivity index is 1.80. The van der Waals surface area contributed by atoms with Gasteiger partial charge in [0, 0.05) is 15.6 Å². The number of hydrogen-bond donors (Lipinski definition) is 0. The van der Waals surface area contributed by atoms with E-state index in [1.165, 1.54) is 11.3 Å². The van der Waals surface area contributed by atoms with Gasteiger partial charge in [0.25, 0.3) is 5.56 Å². The number of rotatable bonds is 7. The third kappa shape index (κ3) is 5.37. The molecular formula is C31H23BrN2O4S. The molecule has 1 aliphatic heterocycles. The zero-order valence-corrected chi connectivity index (χ0v) is 23.4. The van der Waals surface area contributed by atoms with Gasteiger partial charge in [0.1, 0.15) is 12.4 Å². The second-order valence-corrected chi connectivity index (χ2v) is 10.4. The van der Waals surface area contributed by atoms with Gasteiger partial charge in [0.15, 0.2) is 4.80 Å². The third-order valence-electron chi connectivity index (χ3n) is 6.06. The molecule has 1 atom stereocenters. The van der Waals surface area contributed by atoms with Crippen LogP contribution in [0.2, 0.25) is 0 Å². The second kappa shape index (κ2) is 11.7. The lowest BCUT2D eigenvalue weighted by Gasteiger charge is -2.25. The fourth-order valence-electron chi connectivity index (χ4n) is 4.42. The number of fused-ring (bicyclic) bond motifs is 1. The first kappa shape index (κ1) is 26.4. The molecule has 0 saturated heterocycles. The Labute approximate surface area is 237 Å². The number of halogens is 1. The van der Waals surface area contributed by atoms with Crippen molar-refractivity contribution < 1.29 is 14.3 Å². The van der Waals surface area contributed by atoms with Gasteiger partial charge >= 0.3 is 5.97 Å². The lowest BCUT2D eigenvalue weighted by atomic mass is 9.93. The van der Waals surface area contributed by atoms with E-state index in [9.17, 15) is 9.59 Å². The minimum absolute atomic E-state index is 0.0983. The number of benzene rings is 3. The molecule has 1 aromatic heterocycles. The van der Waals surface area contributed by atoms with Crippen molar-refractivity contribution in [1.29, 1.82) is 0 Å². The SMILES string of the molecule is C#CCOc1ccc(Br)cc1/C=c1\sc2n(c1=O)[C@H](c1ccccc1)C(C(=O)OCC)=C(c1ccccc1)N=2. The molecule has 3 aromatic carbocycles. The van der Waals surface area contributed by atoms with Crippen LogP contribution in [0, 0.1) is 12.3 Å². The quantitative estimate of drug-likeness (QED) is 0.228. The summed E-state index contributed by atoms with van der Waals surface area (Å²) in [6.07, 6.45) is 7.15. The molecule has 4 aromatic rings. The van der Waals surface area contributed by atoms with E-state index in [0.29, 0.717) is 31.9 Å². The van der Waals surface area contributed by atoms with E-state index >= 15 is 0 Å². The van der Waals surface area contributed by atoms with Crippen LogP contribution < -0.4 is 19.6 Å². The predicted molar refractivity (Wildman–Crippen MR) is 156 cm³/mol. The van der Waals surface area contributed by atoms with Crippen molar-refractivity contribution in [3.63, 3.8) is 0 Å². The molecule has 0 spiro atoms. The highest BCUT2D eigenvalue weighted by molar-refractivity contribution is 9.10. The molecular weight excluding hydrogens is 576 g/mol. The van der Waals surface area contributed by atoms with Gasteiger partial charge in [-0.2, -0.15) is 0 Å². The molecule has 5 rings (SSSR count). The average Bonchev–Trinajstić information content (AvgIpc) is 3.27. The van der Waals surface area contributed by atoms with E-state index in [0.717, 1.165) is 15.6 Å². The van der Waals surface area contributed by atoms with Crippen molar-refractivity contribution >= 4 is 45.0 Å². The summed E-state index contributed by atoms with van der Waals surface area (Å²) in [5.74, 6) is 2.51. The highest BCUT2D eigenvalue weighted by atomic mass is 79.9. The highest BCUT2D eigenvalue weighted by Gasteiger charge is 2.35. The molecule has 0 fully saturated rings. The summed E-state index contributed by atoms with van der Waals surface area (Å²) < 4.78 is 14.0. The number of hydrogen-bond acceptors (Lipinski definition) is 6.